The summed E-state index contributed by atoms with van der Waals surface area (Å²) in [5, 5.41) is 0. The average Bonchev–Trinajstić information content (AvgIpc) is 3.06. The molecule has 0 saturated heterocycles. The second kappa shape index (κ2) is 32.6. The lowest BCUT2D eigenvalue weighted by molar-refractivity contribution is 0.278. The summed E-state index contributed by atoms with van der Waals surface area (Å²) < 4.78 is 252. The second-order valence-corrected chi connectivity index (χ2v) is 34.0. The molecule has 10 unspecified atom stereocenters. The maximum Gasteiger partial charge on any atom is 0.513 e. The molecule has 0 aromatic carbocycles. The van der Waals surface area contributed by atoms with Gasteiger partial charge in [-0.2, -0.15) is 0 Å². The fraction of sp³-hybridized carbons (Fsp3) is 1.00. The van der Waals surface area contributed by atoms with Crippen LogP contribution < -0.4 is 0 Å². The predicted molar refractivity (Wildman–Crippen MR) is 217 cm³/mol. The Labute approximate surface area is 352 Å². The van der Waals surface area contributed by atoms with Gasteiger partial charge in [0.25, 0.3) is 22.1 Å². The Morgan fingerprint density at radius 1 is 0.407 bits per heavy atom. The summed E-state index contributed by atoms with van der Waals surface area (Å²) >= 11 is 0. The van der Waals surface area contributed by atoms with Crippen LogP contribution in [0.15, 0.2) is 0 Å². The van der Waals surface area contributed by atoms with Gasteiger partial charge in [0, 0.05) is 14.2 Å². The number of hydrogen-bond donors (Lipinski definition) is 0. The summed E-state index contributed by atoms with van der Waals surface area (Å²) in [5.74, 6) is -5.08. The third-order valence-corrected chi connectivity index (χ3v) is 30.1. The molecule has 0 spiro atoms. The van der Waals surface area contributed by atoms with Crippen molar-refractivity contribution in [1.82, 2.24) is 0 Å². The highest BCUT2D eigenvalue weighted by Crippen LogP contribution is 2.72. The summed E-state index contributed by atoms with van der Waals surface area (Å²) in [6.07, 6.45) is -2.58. The molecule has 0 aliphatic rings. The van der Waals surface area contributed by atoms with E-state index in [0.29, 0.717) is 0 Å². The molecule has 44 heteroatoms. The van der Waals surface area contributed by atoms with E-state index < -0.39 is 164 Å². The van der Waals surface area contributed by atoms with E-state index in [-0.39, 0.29) is 0 Å². The molecule has 28 nitrogen and oxygen atoms in total. The van der Waals surface area contributed by atoms with Crippen LogP contribution in [-0.4, -0.2) is 97.6 Å². The molecule has 0 aliphatic heterocycles. The van der Waals surface area contributed by atoms with Gasteiger partial charge in [-0.15, -0.1) is 0 Å². The van der Waals surface area contributed by atoms with E-state index in [1.165, 1.54) is 6.66 Å². The lowest BCUT2D eigenvalue weighted by Gasteiger charge is -2.16. The van der Waals surface area contributed by atoms with E-state index in [4.69, 9.17) is 7.05 Å². The van der Waals surface area contributed by atoms with Gasteiger partial charge >= 0.3 is 105 Å². The van der Waals surface area contributed by atoms with Crippen LogP contribution in [0, 0.1) is 0 Å². The normalized spacial score (nSPS) is 19.4. The van der Waals surface area contributed by atoms with Crippen LogP contribution in [0.1, 0.15) is 2.74 Å². The van der Waals surface area contributed by atoms with Crippen LogP contribution in [-0.2, 0) is 126 Å². The smallest absolute Gasteiger partial charge is 0.312 e. The van der Waals surface area contributed by atoms with Crippen molar-refractivity contribution < 1.29 is 129 Å². The molecule has 0 heterocycles. The lowest BCUT2D eigenvalue weighted by Crippen LogP contribution is -2.01. The zero-order chi connectivity index (χ0) is 48.7. The van der Waals surface area contributed by atoms with Crippen LogP contribution in [0.25, 0.3) is 0 Å². The summed E-state index contributed by atoms with van der Waals surface area (Å²) in [7, 11) is -43.5. The summed E-state index contributed by atoms with van der Waals surface area (Å²) in [6, 6.07) is 0. The van der Waals surface area contributed by atoms with Gasteiger partial charge < -0.3 is 9.05 Å². The first-order valence-corrected chi connectivity index (χ1v) is 38.2. The van der Waals surface area contributed by atoms with Gasteiger partial charge in [0.05, 0.1) is 2.74 Å². The molecule has 0 saturated carbocycles. The molecule has 0 aromatic rings. The van der Waals surface area contributed by atoms with Gasteiger partial charge in [-0.05, 0) is 32.0 Å². The first-order valence-electron chi connectivity index (χ1n) is 14.9. The van der Waals surface area contributed by atoms with Crippen LogP contribution in [0.2, 0.25) is 0 Å². The molecule has 0 fully saturated rings. The largest absolute Gasteiger partial charge is 0.513 e. The van der Waals surface area contributed by atoms with E-state index in [1.807, 2.05) is 0 Å². The molecule has 0 amide bonds. The van der Waals surface area contributed by atoms with Gasteiger partial charge in [0.15, 0.2) is 46.7 Å². The standard InChI is InChI=1S/2C5H13O10P6.C5H13O8P4/c2*1-17(7)13-20(10,4-12-16-6)5-21(11,14-18(2)8)15-19(3)9;1-10-17(9,11-2)5-16(8,4-12-14-6)13-15(3)7/h2*4-5H2,1-3H3;4-5H2,1-3H3/q2*+3;+1/i5D2;;. The number of rotatable bonds is 31. The summed E-state index contributed by atoms with van der Waals surface area (Å²) in [4.78, 5) is 0. The highest BCUT2D eigenvalue weighted by atomic mass is 31.3. The fourth-order valence-electron chi connectivity index (χ4n) is 2.85. The molecule has 0 bridgehead atoms. The van der Waals surface area contributed by atoms with Crippen LogP contribution in [0.3, 0.4) is 0 Å². The molecule has 0 N–H and O–H groups in total. The van der Waals surface area contributed by atoms with E-state index in [9.17, 15) is 73.0 Å². The Hall–Kier alpha value is 1.90. The SMILES string of the molecule is COP(=O)(CP(=O)(COP=O)O[P+](C)=O)OC.C[P+](=O)OP(=O)(COP=O)CP(=O)(O[P+](C)=O)O[P+](C)=O.[2H]C([2H])(P(=O)(COP=O)O[P+](C)=O)P(=O)(O[P+](C)=O)O[P+](C)=O. The molecule has 0 radical (unpaired) electrons. The monoisotopic (exact) mass is 1160 g/mol. The van der Waals surface area contributed by atoms with Crippen LogP contribution in [0.4, 0.5) is 0 Å². The molecular weight excluding hydrogens is 1120 g/mol. The van der Waals surface area contributed by atoms with Gasteiger partial charge in [-0.1, -0.05) is 30.2 Å². The Morgan fingerprint density at radius 3 is 0.898 bits per heavy atom. The molecule has 59 heavy (non-hydrogen) atoms. The third-order valence-electron chi connectivity index (χ3n) is 4.20. The van der Waals surface area contributed by atoms with Crippen LogP contribution >= 0.6 is 127 Å². The lowest BCUT2D eigenvalue weighted by atomic mass is 11.7. The average molecular weight is 1170 g/mol. The Bertz CT molecular complexity index is 1870. The van der Waals surface area contributed by atoms with E-state index >= 15 is 0 Å². The van der Waals surface area contributed by atoms with E-state index in [1.54, 1.807) is 0 Å². The predicted octanol–water partition coefficient (Wildman–Crippen LogP) is 12.8. The van der Waals surface area contributed by atoms with Crippen molar-refractivity contribution >= 4 is 127 Å². The molecule has 340 valence electrons. The van der Waals surface area contributed by atoms with Crippen molar-refractivity contribution in [3.8, 4) is 0 Å². The van der Waals surface area contributed by atoms with Gasteiger partial charge in [-0.3, -0.25) is 41.0 Å². The van der Waals surface area contributed by atoms with E-state index in [0.717, 1.165) is 54.2 Å². The number of hydrogen-bond acceptors (Lipinski definition) is 28. The first kappa shape index (κ1) is 60.9. The van der Waals surface area contributed by atoms with Crippen molar-refractivity contribution in [2.75, 3.05) is 97.6 Å². The highest BCUT2D eigenvalue weighted by molar-refractivity contribution is 7.81. The quantitative estimate of drug-likeness (QED) is 0.0582. The van der Waals surface area contributed by atoms with Crippen molar-refractivity contribution in [2.24, 2.45) is 0 Å². The Balaban J connectivity index is -0.000000837. The third kappa shape index (κ3) is 34.9. The minimum Gasteiger partial charge on any atom is -0.312 e. The first-order chi connectivity index (χ1) is 27.6. The molecule has 0 rings (SSSR count). The second-order valence-electron chi connectivity index (χ2n) is 9.42. The maximum absolute atomic E-state index is 12.6. The molecule has 10 atom stereocenters. The van der Waals surface area contributed by atoms with Gasteiger partial charge in [-0.25, -0.2) is 13.7 Å². The van der Waals surface area contributed by atoms with Crippen molar-refractivity contribution in [2.45, 2.75) is 0 Å². The van der Waals surface area contributed by atoms with Crippen molar-refractivity contribution in [3.05, 3.63) is 0 Å². The highest BCUT2D eigenvalue weighted by Gasteiger charge is 2.52. The van der Waals surface area contributed by atoms with Crippen molar-refractivity contribution in [3.63, 3.8) is 0 Å². The minimum absolute atomic E-state index is 0.594. The van der Waals surface area contributed by atoms with Crippen LogP contribution in [0.5, 0.6) is 0 Å². The zero-order valence-corrected chi connectivity index (χ0v) is 45.9. The minimum atomic E-state index is -5.19. The maximum atomic E-state index is 12.6. The molecular formula is C15H39O28P16+7. The van der Waals surface area contributed by atoms with Gasteiger partial charge in [0.1, 0.15) is 36.7 Å². The summed E-state index contributed by atoms with van der Waals surface area (Å²) in [6.45, 7) is 7.14. The van der Waals surface area contributed by atoms with Crippen molar-refractivity contribution in [1.29, 1.82) is 0 Å². The Morgan fingerprint density at radius 2 is 0.644 bits per heavy atom. The fourth-order valence-corrected chi connectivity index (χ4v) is 28.6. The van der Waals surface area contributed by atoms with E-state index in [2.05, 4.69) is 48.5 Å². The summed E-state index contributed by atoms with van der Waals surface area (Å²) in [5.41, 5.74) is 0. The zero-order valence-electron chi connectivity index (χ0n) is 33.6. The van der Waals surface area contributed by atoms with Gasteiger partial charge in [0.2, 0.25) is 0 Å². The molecule has 0 aromatic heterocycles. The topological polar surface area (TPSA) is 384 Å². The molecule has 0 aliphatic carbocycles. The Kier molecular flexibility index (Phi) is 33.6.